The molecule has 0 atom stereocenters. The van der Waals surface area contributed by atoms with Crippen LogP contribution in [0, 0.1) is 0 Å². The van der Waals surface area contributed by atoms with E-state index in [9.17, 15) is 18.0 Å². The van der Waals surface area contributed by atoms with Gasteiger partial charge in [-0.15, -0.1) is 0 Å². The molecule has 2 heterocycles. The number of fused-ring (bicyclic) bond motifs is 1. The van der Waals surface area contributed by atoms with E-state index >= 15 is 0 Å². The number of amides is 2. The Hall–Kier alpha value is -2.35. The molecular formula is C23H31N3O4S. The van der Waals surface area contributed by atoms with Gasteiger partial charge in [0.15, 0.2) is 9.84 Å². The zero-order valence-corrected chi connectivity index (χ0v) is 18.7. The second-order valence-electron chi connectivity index (χ2n) is 8.74. The first kappa shape index (κ1) is 21.9. The largest absolute Gasteiger partial charge is 0.352 e. The van der Waals surface area contributed by atoms with Crippen LogP contribution in [0.3, 0.4) is 0 Å². The molecule has 1 aromatic carbocycles. The van der Waals surface area contributed by atoms with Crippen molar-refractivity contribution in [2.75, 3.05) is 18.8 Å². The van der Waals surface area contributed by atoms with Crippen LogP contribution in [0.2, 0.25) is 0 Å². The SMILES string of the molecule is O=C(CS(=O)(=O)c1cn(CC(=O)N2CCCCCC2)c2ccccc12)NC1CCCC1. The number of nitrogens with zero attached hydrogens (tertiary/aromatic N) is 2. The van der Waals surface area contributed by atoms with Crippen LogP contribution < -0.4 is 5.32 Å². The molecule has 8 heteroatoms. The second kappa shape index (κ2) is 9.42. The Morgan fingerprint density at radius 2 is 1.65 bits per heavy atom. The smallest absolute Gasteiger partial charge is 0.242 e. The molecule has 4 rings (SSSR count). The maximum Gasteiger partial charge on any atom is 0.242 e. The predicted octanol–water partition coefficient (Wildman–Crippen LogP) is 2.88. The van der Waals surface area contributed by atoms with Gasteiger partial charge < -0.3 is 14.8 Å². The van der Waals surface area contributed by atoms with Crippen molar-refractivity contribution in [2.24, 2.45) is 0 Å². The first-order valence-electron chi connectivity index (χ1n) is 11.3. The van der Waals surface area contributed by atoms with Gasteiger partial charge in [0.25, 0.3) is 0 Å². The van der Waals surface area contributed by atoms with Gasteiger partial charge >= 0.3 is 0 Å². The molecule has 1 aromatic heterocycles. The Kier molecular flexibility index (Phi) is 6.65. The third kappa shape index (κ3) is 5.11. The van der Waals surface area contributed by atoms with Gasteiger partial charge in [-0.1, -0.05) is 43.9 Å². The lowest BCUT2D eigenvalue weighted by molar-refractivity contribution is -0.131. The summed E-state index contributed by atoms with van der Waals surface area (Å²) in [7, 11) is -3.83. The highest BCUT2D eigenvalue weighted by Crippen LogP contribution is 2.27. The molecule has 1 saturated heterocycles. The molecule has 1 aliphatic heterocycles. The molecule has 2 amide bonds. The average molecular weight is 446 g/mol. The zero-order chi connectivity index (χ0) is 21.8. The number of likely N-dealkylation sites (tertiary alicyclic amines) is 1. The topological polar surface area (TPSA) is 88.5 Å². The monoisotopic (exact) mass is 445 g/mol. The Labute approximate surface area is 183 Å². The van der Waals surface area contributed by atoms with E-state index in [1.54, 1.807) is 16.7 Å². The van der Waals surface area contributed by atoms with Crippen molar-refractivity contribution in [1.82, 2.24) is 14.8 Å². The maximum absolute atomic E-state index is 13.1. The fourth-order valence-corrected chi connectivity index (χ4v) is 6.13. The van der Waals surface area contributed by atoms with Crippen molar-refractivity contribution in [3.63, 3.8) is 0 Å². The lowest BCUT2D eigenvalue weighted by Gasteiger charge is -2.20. The van der Waals surface area contributed by atoms with E-state index < -0.39 is 21.5 Å². The van der Waals surface area contributed by atoms with Gasteiger partial charge in [0.05, 0.1) is 4.90 Å². The van der Waals surface area contributed by atoms with E-state index in [-0.39, 0.29) is 23.4 Å². The summed E-state index contributed by atoms with van der Waals surface area (Å²) in [5.74, 6) is -1.02. The van der Waals surface area contributed by atoms with Crippen molar-refractivity contribution in [2.45, 2.75) is 68.8 Å². The molecular weight excluding hydrogens is 414 g/mol. The van der Waals surface area contributed by atoms with E-state index in [4.69, 9.17) is 0 Å². The van der Waals surface area contributed by atoms with Crippen molar-refractivity contribution in [3.8, 4) is 0 Å². The van der Waals surface area contributed by atoms with E-state index in [1.165, 1.54) is 6.20 Å². The van der Waals surface area contributed by atoms with Crippen molar-refractivity contribution < 1.29 is 18.0 Å². The fourth-order valence-electron chi connectivity index (χ4n) is 4.75. The Morgan fingerprint density at radius 1 is 0.968 bits per heavy atom. The van der Waals surface area contributed by atoms with Crippen LogP contribution in [0.25, 0.3) is 10.9 Å². The highest BCUT2D eigenvalue weighted by Gasteiger charge is 2.27. The summed E-state index contributed by atoms with van der Waals surface area (Å²) in [6.07, 6.45) is 9.77. The highest BCUT2D eigenvalue weighted by molar-refractivity contribution is 7.92. The van der Waals surface area contributed by atoms with Gasteiger partial charge in [0, 0.05) is 36.2 Å². The van der Waals surface area contributed by atoms with Crippen LogP contribution >= 0.6 is 0 Å². The number of carbonyl (C=O) groups is 2. The Morgan fingerprint density at radius 3 is 2.35 bits per heavy atom. The van der Waals surface area contributed by atoms with Crippen LogP contribution in [0.1, 0.15) is 51.4 Å². The zero-order valence-electron chi connectivity index (χ0n) is 17.9. The summed E-state index contributed by atoms with van der Waals surface area (Å²) < 4.78 is 27.9. The van der Waals surface area contributed by atoms with Crippen LogP contribution in [0.15, 0.2) is 35.4 Å². The average Bonchev–Trinajstić information content (AvgIpc) is 3.27. The molecule has 0 radical (unpaired) electrons. The lowest BCUT2D eigenvalue weighted by atomic mass is 10.2. The number of rotatable bonds is 6. The third-order valence-electron chi connectivity index (χ3n) is 6.39. The number of nitrogens with one attached hydrogen (secondary N) is 1. The molecule has 1 N–H and O–H groups in total. The number of carbonyl (C=O) groups excluding carboxylic acids is 2. The highest BCUT2D eigenvalue weighted by atomic mass is 32.2. The van der Waals surface area contributed by atoms with Gasteiger partial charge in [-0.05, 0) is 31.7 Å². The Balaban J connectivity index is 1.55. The second-order valence-corrected chi connectivity index (χ2v) is 10.7. The molecule has 1 saturated carbocycles. The van der Waals surface area contributed by atoms with Gasteiger partial charge in [-0.2, -0.15) is 0 Å². The van der Waals surface area contributed by atoms with Crippen molar-refractivity contribution >= 4 is 32.6 Å². The van der Waals surface area contributed by atoms with Gasteiger partial charge in [-0.25, -0.2) is 8.42 Å². The first-order chi connectivity index (χ1) is 14.9. The number of para-hydroxylation sites is 1. The summed E-state index contributed by atoms with van der Waals surface area (Å²) >= 11 is 0. The van der Waals surface area contributed by atoms with Gasteiger partial charge in [0.1, 0.15) is 12.3 Å². The predicted molar refractivity (Wildman–Crippen MR) is 119 cm³/mol. The molecule has 2 aliphatic rings. The number of hydrogen-bond donors (Lipinski definition) is 1. The summed E-state index contributed by atoms with van der Waals surface area (Å²) in [4.78, 5) is 27.3. The fraction of sp³-hybridized carbons (Fsp3) is 0.565. The number of sulfone groups is 1. The minimum Gasteiger partial charge on any atom is -0.352 e. The third-order valence-corrected chi connectivity index (χ3v) is 8.03. The van der Waals surface area contributed by atoms with E-state index in [2.05, 4.69) is 5.32 Å². The molecule has 2 aromatic rings. The van der Waals surface area contributed by atoms with E-state index in [1.807, 2.05) is 17.0 Å². The lowest BCUT2D eigenvalue weighted by Crippen LogP contribution is -2.36. The molecule has 0 spiro atoms. The number of aromatic nitrogens is 1. The molecule has 168 valence electrons. The van der Waals surface area contributed by atoms with Crippen molar-refractivity contribution in [1.29, 1.82) is 0 Å². The molecule has 31 heavy (non-hydrogen) atoms. The quantitative estimate of drug-likeness (QED) is 0.741. The molecule has 0 unspecified atom stereocenters. The number of hydrogen-bond acceptors (Lipinski definition) is 4. The Bertz CT molecular complexity index is 1050. The van der Waals surface area contributed by atoms with E-state index in [0.29, 0.717) is 10.9 Å². The van der Waals surface area contributed by atoms with E-state index in [0.717, 1.165) is 64.5 Å². The first-order valence-corrected chi connectivity index (χ1v) is 13.0. The van der Waals surface area contributed by atoms with Gasteiger partial charge in [0.2, 0.25) is 11.8 Å². The van der Waals surface area contributed by atoms with Gasteiger partial charge in [-0.3, -0.25) is 9.59 Å². The molecule has 7 nitrogen and oxygen atoms in total. The normalized spacial score (nSPS) is 18.3. The minimum absolute atomic E-state index is 0.00516. The van der Waals surface area contributed by atoms with Crippen LogP contribution in [-0.4, -0.2) is 54.6 Å². The number of benzene rings is 1. The summed E-state index contributed by atoms with van der Waals surface area (Å²) in [5, 5.41) is 3.41. The van der Waals surface area contributed by atoms with Crippen LogP contribution in [0.5, 0.6) is 0 Å². The maximum atomic E-state index is 13.1. The standard InChI is InChI=1S/C23H31N3O4S/c27-22(24-18-9-3-4-10-18)17-31(29,30)21-15-26(20-12-6-5-11-19(20)21)16-23(28)25-13-7-1-2-8-14-25/h5-6,11-12,15,18H,1-4,7-10,13-14,16-17H2,(H,24,27). The molecule has 2 fully saturated rings. The summed E-state index contributed by atoms with van der Waals surface area (Å²) in [6, 6.07) is 7.25. The summed E-state index contributed by atoms with van der Waals surface area (Å²) in [6.45, 7) is 1.61. The summed E-state index contributed by atoms with van der Waals surface area (Å²) in [5.41, 5.74) is 0.695. The molecule has 1 aliphatic carbocycles. The minimum atomic E-state index is -3.83. The van der Waals surface area contributed by atoms with Crippen LogP contribution in [0.4, 0.5) is 0 Å². The van der Waals surface area contributed by atoms with Crippen LogP contribution in [-0.2, 0) is 26.0 Å². The van der Waals surface area contributed by atoms with Crippen molar-refractivity contribution in [3.05, 3.63) is 30.5 Å². The molecule has 0 bridgehead atoms.